The number of fused-ring (bicyclic) bond motifs is 2. The molecule has 0 radical (unpaired) electrons. The first-order valence-corrected chi connectivity index (χ1v) is 12.6. The largest absolute Gasteiger partial charge is 0.470 e. The van der Waals surface area contributed by atoms with E-state index in [1.165, 1.54) is 30.4 Å². The first-order valence-electron chi connectivity index (χ1n) is 12.6. The van der Waals surface area contributed by atoms with E-state index < -0.39 is 0 Å². The molecule has 1 aromatic heterocycles. The Morgan fingerprint density at radius 3 is 2.83 bits per heavy atom. The Bertz CT molecular complexity index is 1290. The Balaban J connectivity index is 1.52. The number of carbonyl (C=O) groups is 1. The van der Waals surface area contributed by atoms with Gasteiger partial charge in [-0.15, -0.1) is 0 Å². The van der Waals surface area contributed by atoms with E-state index >= 15 is 0 Å². The van der Waals surface area contributed by atoms with E-state index in [0.29, 0.717) is 5.88 Å². The van der Waals surface area contributed by atoms with Crippen molar-refractivity contribution in [1.82, 2.24) is 9.88 Å². The maximum absolute atomic E-state index is 13.9. The van der Waals surface area contributed by atoms with Crippen LogP contribution in [0.1, 0.15) is 72.0 Å². The van der Waals surface area contributed by atoms with Gasteiger partial charge in [-0.05, 0) is 79.6 Å². The van der Waals surface area contributed by atoms with Crippen molar-refractivity contribution in [2.24, 2.45) is 0 Å². The average molecular weight is 489 g/mol. The molecule has 2 unspecified atom stereocenters. The van der Waals surface area contributed by atoms with Crippen LogP contribution in [0.2, 0.25) is 0 Å². The molecule has 2 heterocycles. The van der Waals surface area contributed by atoms with Gasteiger partial charge in [0.15, 0.2) is 0 Å². The molecule has 0 saturated carbocycles. The number of rotatable bonds is 5. The Labute approximate surface area is 212 Å². The van der Waals surface area contributed by atoms with E-state index in [1.54, 1.807) is 12.3 Å². The van der Waals surface area contributed by atoms with Crippen LogP contribution in [0.3, 0.4) is 0 Å². The number of benzene rings is 2. The molecule has 0 saturated heterocycles. The standard InChI is InChI=1S/C30H33FN2O3/c1-19-14-23(31)10-11-24(19)25(16-28(34)35-4)21-8-7-20-9-12-27(26(20)15-21)33-17-22-6-5-13-32-29(22)36-30(2,3)18-33/h5-8,10-11,13-15,25,27H,9,12,16-18H2,1-4H3. The molecule has 0 amide bonds. The molecule has 0 fully saturated rings. The molecule has 3 aromatic rings. The number of aryl methyl sites for hydroxylation is 2. The molecule has 36 heavy (non-hydrogen) atoms. The van der Waals surface area contributed by atoms with Crippen molar-refractivity contribution in [3.05, 3.63) is 93.9 Å². The molecule has 2 aromatic carbocycles. The first kappa shape index (κ1) is 24.4. The van der Waals surface area contributed by atoms with Gasteiger partial charge in [-0.1, -0.05) is 30.3 Å². The average Bonchev–Trinajstić information content (AvgIpc) is 3.20. The summed E-state index contributed by atoms with van der Waals surface area (Å²) in [4.78, 5) is 19.4. The summed E-state index contributed by atoms with van der Waals surface area (Å²) in [6.45, 7) is 7.66. The number of nitrogens with zero attached hydrogens (tertiary/aromatic N) is 2. The fraction of sp³-hybridized carbons (Fsp3) is 0.400. The number of ether oxygens (including phenoxy) is 2. The van der Waals surface area contributed by atoms with Gasteiger partial charge < -0.3 is 9.47 Å². The molecular weight excluding hydrogens is 455 g/mol. The van der Waals surface area contributed by atoms with Crippen LogP contribution < -0.4 is 4.74 Å². The van der Waals surface area contributed by atoms with Gasteiger partial charge in [0.25, 0.3) is 0 Å². The lowest BCUT2D eigenvalue weighted by Gasteiger charge is -2.34. The summed E-state index contributed by atoms with van der Waals surface area (Å²) in [6.07, 6.45) is 4.02. The number of esters is 1. The van der Waals surface area contributed by atoms with Crippen molar-refractivity contribution in [1.29, 1.82) is 0 Å². The summed E-state index contributed by atoms with van der Waals surface area (Å²) in [5, 5.41) is 0. The van der Waals surface area contributed by atoms with Gasteiger partial charge in [-0.25, -0.2) is 9.37 Å². The van der Waals surface area contributed by atoms with Gasteiger partial charge in [-0.3, -0.25) is 9.69 Å². The predicted molar refractivity (Wildman–Crippen MR) is 136 cm³/mol. The van der Waals surface area contributed by atoms with Crippen molar-refractivity contribution >= 4 is 5.97 Å². The van der Waals surface area contributed by atoms with Crippen LogP contribution in [0, 0.1) is 12.7 Å². The molecule has 0 spiro atoms. The lowest BCUT2D eigenvalue weighted by Crippen LogP contribution is -2.41. The quantitative estimate of drug-likeness (QED) is 0.420. The second-order valence-electron chi connectivity index (χ2n) is 10.6. The molecule has 2 atom stereocenters. The van der Waals surface area contributed by atoms with Crippen molar-refractivity contribution < 1.29 is 18.7 Å². The third-order valence-corrected chi connectivity index (χ3v) is 7.45. The summed E-state index contributed by atoms with van der Waals surface area (Å²) in [6, 6.07) is 15.6. The lowest BCUT2D eigenvalue weighted by atomic mass is 9.84. The highest BCUT2D eigenvalue weighted by molar-refractivity contribution is 5.71. The van der Waals surface area contributed by atoms with Crippen molar-refractivity contribution in [3.63, 3.8) is 0 Å². The number of hydrogen-bond donors (Lipinski definition) is 0. The van der Waals surface area contributed by atoms with Crippen molar-refractivity contribution in [2.45, 2.75) is 64.1 Å². The minimum atomic E-state index is -0.376. The fourth-order valence-corrected chi connectivity index (χ4v) is 5.80. The third kappa shape index (κ3) is 4.87. The molecule has 5 rings (SSSR count). The normalized spacial score (nSPS) is 19.5. The second-order valence-corrected chi connectivity index (χ2v) is 10.6. The van der Waals surface area contributed by atoms with Crippen LogP contribution in [0.25, 0.3) is 0 Å². The zero-order chi connectivity index (χ0) is 25.4. The van der Waals surface area contributed by atoms with Gasteiger partial charge in [0, 0.05) is 36.8 Å². The van der Waals surface area contributed by atoms with Crippen LogP contribution in [-0.2, 0) is 22.5 Å². The molecule has 1 aliphatic carbocycles. The molecule has 1 aliphatic heterocycles. The maximum atomic E-state index is 13.9. The zero-order valence-electron chi connectivity index (χ0n) is 21.4. The highest BCUT2D eigenvalue weighted by atomic mass is 19.1. The Kier molecular flexibility index (Phi) is 6.56. The minimum absolute atomic E-state index is 0.204. The molecular formula is C30H33FN2O3. The lowest BCUT2D eigenvalue weighted by molar-refractivity contribution is -0.140. The van der Waals surface area contributed by atoms with E-state index in [1.807, 2.05) is 13.0 Å². The summed E-state index contributed by atoms with van der Waals surface area (Å²) in [5.74, 6) is -0.0560. The van der Waals surface area contributed by atoms with Crippen LogP contribution in [0.4, 0.5) is 4.39 Å². The van der Waals surface area contributed by atoms with Gasteiger partial charge >= 0.3 is 5.97 Å². The number of hydrogen-bond acceptors (Lipinski definition) is 5. The first-order chi connectivity index (χ1) is 17.2. The van der Waals surface area contributed by atoms with Crippen molar-refractivity contribution in [3.8, 4) is 5.88 Å². The summed E-state index contributed by atoms with van der Waals surface area (Å²) in [5.41, 5.74) is 6.18. The van der Waals surface area contributed by atoms with Gasteiger partial charge in [0.05, 0.1) is 13.5 Å². The summed E-state index contributed by atoms with van der Waals surface area (Å²) < 4.78 is 25.2. The highest BCUT2D eigenvalue weighted by Crippen LogP contribution is 2.42. The van der Waals surface area contributed by atoms with E-state index in [0.717, 1.165) is 48.2 Å². The third-order valence-electron chi connectivity index (χ3n) is 7.45. The summed E-state index contributed by atoms with van der Waals surface area (Å²) >= 11 is 0. The number of methoxy groups -OCH3 is 1. The maximum Gasteiger partial charge on any atom is 0.306 e. The fourth-order valence-electron chi connectivity index (χ4n) is 5.80. The van der Waals surface area contributed by atoms with Crippen LogP contribution >= 0.6 is 0 Å². The van der Waals surface area contributed by atoms with Gasteiger partial charge in [0.1, 0.15) is 11.4 Å². The zero-order valence-corrected chi connectivity index (χ0v) is 21.4. The van der Waals surface area contributed by atoms with Crippen LogP contribution in [0.5, 0.6) is 5.88 Å². The minimum Gasteiger partial charge on any atom is -0.470 e. The highest BCUT2D eigenvalue weighted by Gasteiger charge is 2.36. The molecule has 0 N–H and O–H groups in total. The van der Waals surface area contributed by atoms with E-state index in [4.69, 9.17) is 9.47 Å². The smallest absolute Gasteiger partial charge is 0.306 e. The van der Waals surface area contributed by atoms with E-state index in [-0.39, 0.29) is 35.8 Å². The monoisotopic (exact) mass is 488 g/mol. The molecule has 5 nitrogen and oxygen atoms in total. The predicted octanol–water partition coefficient (Wildman–Crippen LogP) is 5.88. The molecule has 0 bridgehead atoms. The second kappa shape index (κ2) is 9.66. The topological polar surface area (TPSA) is 51.7 Å². The summed E-state index contributed by atoms with van der Waals surface area (Å²) in [7, 11) is 1.41. The van der Waals surface area contributed by atoms with Crippen LogP contribution in [0.15, 0.2) is 54.7 Å². The van der Waals surface area contributed by atoms with Gasteiger partial charge in [0.2, 0.25) is 5.88 Å². The SMILES string of the molecule is COC(=O)CC(c1ccc2c(c1)C(N1Cc3cccnc3OC(C)(C)C1)CC2)c1ccc(F)cc1C. The number of pyridine rings is 1. The molecule has 2 aliphatic rings. The Morgan fingerprint density at radius 2 is 2.06 bits per heavy atom. The van der Waals surface area contributed by atoms with E-state index in [2.05, 4.69) is 48.0 Å². The molecule has 188 valence electrons. The molecule has 6 heteroatoms. The Morgan fingerprint density at radius 1 is 1.22 bits per heavy atom. The number of carbonyl (C=O) groups excluding carboxylic acids is 1. The van der Waals surface area contributed by atoms with E-state index in [9.17, 15) is 9.18 Å². The van der Waals surface area contributed by atoms with Crippen molar-refractivity contribution in [2.75, 3.05) is 13.7 Å². The van der Waals surface area contributed by atoms with Gasteiger partial charge in [-0.2, -0.15) is 0 Å². The number of halogens is 1. The number of aromatic nitrogens is 1. The van der Waals surface area contributed by atoms with Crippen LogP contribution in [-0.4, -0.2) is 35.1 Å². The Hall–Kier alpha value is -3.25.